The number of nitrogens with zero attached hydrogens (tertiary/aromatic N) is 1. The van der Waals surface area contributed by atoms with Gasteiger partial charge in [0, 0.05) is 11.3 Å². The van der Waals surface area contributed by atoms with Crippen molar-refractivity contribution in [2.24, 2.45) is 0 Å². The largest absolute Gasteiger partial charge is 0.478 e. The smallest absolute Gasteiger partial charge is 0.335 e. The summed E-state index contributed by atoms with van der Waals surface area (Å²) in [5, 5.41) is 16.2. The van der Waals surface area contributed by atoms with E-state index in [-0.39, 0.29) is 5.56 Å². The number of aromatic carboxylic acids is 1. The van der Waals surface area contributed by atoms with E-state index in [9.17, 15) is 4.79 Å². The van der Waals surface area contributed by atoms with E-state index >= 15 is 0 Å². The zero-order valence-electron chi connectivity index (χ0n) is 10.3. The van der Waals surface area contributed by atoms with Crippen molar-refractivity contribution in [1.29, 1.82) is 0 Å². The Kier molecular flexibility index (Phi) is 3.77. The zero-order valence-corrected chi connectivity index (χ0v) is 10.3. The molecule has 0 amide bonds. The molecule has 18 heavy (non-hydrogen) atoms. The van der Waals surface area contributed by atoms with Gasteiger partial charge in [0.25, 0.3) is 0 Å². The lowest BCUT2D eigenvalue weighted by atomic mass is 10.1. The van der Waals surface area contributed by atoms with Crippen molar-refractivity contribution >= 4 is 5.97 Å². The van der Waals surface area contributed by atoms with Gasteiger partial charge in [-0.25, -0.2) is 4.79 Å². The van der Waals surface area contributed by atoms with E-state index in [1.807, 2.05) is 12.1 Å². The second-order valence-corrected chi connectivity index (χ2v) is 4.27. The maximum Gasteiger partial charge on any atom is 0.335 e. The van der Waals surface area contributed by atoms with Crippen LogP contribution in [0.15, 0.2) is 30.3 Å². The summed E-state index contributed by atoms with van der Waals surface area (Å²) in [4.78, 5) is 10.9. The van der Waals surface area contributed by atoms with Crippen molar-refractivity contribution in [1.82, 2.24) is 10.2 Å². The van der Waals surface area contributed by atoms with Crippen LogP contribution >= 0.6 is 0 Å². The van der Waals surface area contributed by atoms with Crippen molar-refractivity contribution in [3.63, 3.8) is 0 Å². The zero-order chi connectivity index (χ0) is 13.0. The van der Waals surface area contributed by atoms with Gasteiger partial charge >= 0.3 is 5.97 Å². The molecular weight excluding hydrogens is 228 g/mol. The average Bonchev–Trinajstić information content (AvgIpc) is 2.85. The molecule has 1 aromatic heterocycles. The van der Waals surface area contributed by atoms with Gasteiger partial charge in [-0.1, -0.05) is 25.5 Å². The highest BCUT2D eigenvalue weighted by Gasteiger charge is 2.07. The first kappa shape index (κ1) is 12.4. The van der Waals surface area contributed by atoms with Gasteiger partial charge < -0.3 is 5.11 Å². The summed E-state index contributed by atoms with van der Waals surface area (Å²) >= 11 is 0. The standard InChI is InChI=1S/C14H16N2O2/c1-2-3-7-12-9-13(16-15-12)10-5-4-6-11(8-10)14(17)18/h4-6,8-9H,2-3,7H2,1H3,(H,15,16)(H,17,18). The van der Waals surface area contributed by atoms with Gasteiger partial charge in [0.1, 0.15) is 0 Å². The van der Waals surface area contributed by atoms with Crippen LogP contribution < -0.4 is 0 Å². The summed E-state index contributed by atoms with van der Waals surface area (Å²) in [6.45, 7) is 2.15. The van der Waals surface area contributed by atoms with Gasteiger partial charge in [-0.05, 0) is 31.0 Å². The van der Waals surface area contributed by atoms with Crippen LogP contribution in [0.5, 0.6) is 0 Å². The summed E-state index contributed by atoms with van der Waals surface area (Å²) in [5.41, 5.74) is 3.00. The topological polar surface area (TPSA) is 66.0 Å². The number of carboxylic acid groups (broad SMARTS) is 1. The average molecular weight is 244 g/mol. The number of H-pyrrole nitrogens is 1. The van der Waals surface area contributed by atoms with E-state index in [0.29, 0.717) is 0 Å². The molecule has 2 rings (SSSR count). The maximum absolute atomic E-state index is 10.9. The Balaban J connectivity index is 2.23. The van der Waals surface area contributed by atoms with Crippen LogP contribution in [0.1, 0.15) is 35.8 Å². The molecule has 2 N–H and O–H groups in total. The third-order valence-electron chi connectivity index (χ3n) is 2.84. The highest BCUT2D eigenvalue weighted by Crippen LogP contribution is 2.19. The fourth-order valence-corrected chi connectivity index (χ4v) is 1.82. The van der Waals surface area contributed by atoms with Crippen molar-refractivity contribution in [3.8, 4) is 11.3 Å². The molecule has 94 valence electrons. The Bertz CT molecular complexity index is 546. The van der Waals surface area contributed by atoms with Crippen LogP contribution in [0.25, 0.3) is 11.3 Å². The van der Waals surface area contributed by atoms with Crippen LogP contribution in [0.3, 0.4) is 0 Å². The van der Waals surface area contributed by atoms with Crippen LogP contribution in [-0.2, 0) is 6.42 Å². The molecule has 0 fully saturated rings. The first-order valence-corrected chi connectivity index (χ1v) is 6.08. The quantitative estimate of drug-likeness (QED) is 0.849. The Hall–Kier alpha value is -2.10. The molecule has 0 aliphatic rings. The monoisotopic (exact) mass is 244 g/mol. The number of aromatic nitrogens is 2. The predicted octanol–water partition coefficient (Wildman–Crippen LogP) is 3.12. The van der Waals surface area contributed by atoms with Gasteiger partial charge in [-0.2, -0.15) is 5.10 Å². The summed E-state index contributed by atoms with van der Waals surface area (Å²) in [5.74, 6) is -0.918. The maximum atomic E-state index is 10.9. The van der Waals surface area contributed by atoms with Crippen LogP contribution in [0.4, 0.5) is 0 Å². The number of nitrogens with one attached hydrogen (secondary N) is 1. The third kappa shape index (κ3) is 2.77. The van der Waals surface area contributed by atoms with Crippen molar-refractivity contribution in [2.75, 3.05) is 0 Å². The minimum absolute atomic E-state index is 0.283. The fourth-order valence-electron chi connectivity index (χ4n) is 1.82. The molecule has 2 aromatic rings. The van der Waals surface area contributed by atoms with Gasteiger partial charge in [0.15, 0.2) is 0 Å². The molecule has 1 aromatic carbocycles. The second kappa shape index (κ2) is 5.49. The highest BCUT2D eigenvalue weighted by molar-refractivity contribution is 5.89. The summed E-state index contributed by atoms with van der Waals surface area (Å²) in [6, 6.07) is 8.81. The Morgan fingerprint density at radius 3 is 2.94 bits per heavy atom. The fraction of sp³-hybridized carbons (Fsp3) is 0.286. The number of unbranched alkanes of at least 4 members (excludes halogenated alkanes) is 1. The number of aromatic amines is 1. The Morgan fingerprint density at radius 2 is 2.22 bits per heavy atom. The molecule has 0 aliphatic carbocycles. The molecule has 0 atom stereocenters. The van der Waals surface area contributed by atoms with E-state index in [2.05, 4.69) is 17.1 Å². The predicted molar refractivity (Wildman–Crippen MR) is 69.6 cm³/mol. The number of hydrogen-bond donors (Lipinski definition) is 2. The highest BCUT2D eigenvalue weighted by atomic mass is 16.4. The second-order valence-electron chi connectivity index (χ2n) is 4.27. The van der Waals surface area contributed by atoms with Crippen LogP contribution in [0.2, 0.25) is 0 Å². The lowest BCUT2D eigenvalue weighted by Crippen LogP contribution is -1.95. The van der Waals surface area contributed by atoms with E-state index in [4.69, 9.17) is 5.11 Å². The molecule has 4 nitrogen and oxygen atoms in total. The van der Waals surface area contributed by atoms with Gasteiger partial charge in [0.05, 0.1) is 11.3 Å². The molecule has 0 radical (unpaired) electrons. The van der Waals surface area contributed by atoms with Gasteiger partial charge in [-0.15, -0.1) is 0 Å². The van der Waals surface area contributed by atoms with Crippen molar-refractivity contribution < 1.29 is 9.90 Å². The minimum Gasteiger partial charge on any atom is -0.478 e. The lowest BCUT2D eigenvalue weighted by Gasteiger charge is -1.98. The molecule has 0 bridgehead atoms. The summed E-state index contributed by atoms with van der Waals surface area (Å²) in [7, 11) is 0. The van der Waals surface area contributed by atoms with Crippen LogP contribution in [-0.4, -0.2) is 21.3 Å². The molecule has 0 unspecified atom stereocenters. The number of aryl methyl sites for hydroxylation is 1. The molecule has 1 heterocycles. The van der Waals surface area contributed by atoms with Crippen molar-refractivity contribution in [3.05, 3.63) is 41.6 Å². The number of carbonyl (C=O) groups is 1. The minimum atomic E-state index is -0.918. The lowest BCUT2D eigenvalue weighted by molar-refractivity contribution is 0.0697. The van der Waals surface area contributed by atoms with E-state index in [0.717, 1.165) is 36.2 Å². The van der Waals surface area contributed by atoms with Gasteiger partial charge in [0.2, 0.25) is 0 Å². The summed E-state index contributed by atoms with van der Waals surface area (Å²) < 4.78 is 0. The van der Waals surface area contributed by atoms with Gasteiger partial charge in [-0.3, -0.25) is 5.10 Å². The normalized spacial score (nSPS) is 10.5. The molecule has 0 saturated carbocycles. The molecule has 0 aliphatic heterocycles. The Morgan fingerprint density at radius 1 is 1.39 bits per heavy atom. The Labute approximate surface area is 106 Å². The SMILES string of the molecule is CCCCc1cc(-c2cccc(C(=O)O)c2)n[nH]1. The number of carboxylic acids is 1. The third-order valence-corrected chi connectivity index (χ3v) is 2.84. The molecule has 0 spiro atoms. The summed E-state index contributed by atoms with van der Waals surface area (Å²) in [6.07, 6.45) is 3.24. The van der Waals surface area contributed by atoms with E-state index in [1.165, 1.54) is 0 Å². The number of rotatable bonds is 5. The van der Waals surface area contributed by atoms with Crippen LogP contribution in [0, 0.1) is 0 Å². The first-order valence-electron chi connectivity index (χ1n) is 6.08. The van der Waals surface area contributed by atoms with E-state index in [1.54, 1.807) is 18.2 Å². The number of hydrogen-bond acceptors (Lipinski definition) is 2. The van der Waals surface area contributed by atoms with Crippen molar-refractivity contribution in [2.45, 2.75) is 26.2 Å². The molecule has 4 heteroatoms. The molecule has 0 saturated heterocycles. The first-order chi connectivity index (χ1) is 8.70. The van der Waals surface area contributed by atoms with E-state index < -0.39 is 5.97 Å². The molecular formula is C14H16N2O2. The number of benzene rings is 1.